The summed E-state index contributed by atoms with van der Waals surface area (Å²) in [7, 11) is 1.45. The van der Waals surface area contributed by atoms with E-state index in [1.54, 1.807) is 0 Å². The lowest BCUT2D eigenvalue weighted by Crippen LogP contribution is -2.39. The van der Waals surface area contributed by atoms with Crippen LogP contribution in [0.25, 0.3) is 0 Å². The Morgan fingerprint density at radius 2 is 1.75 bits per heavy atom. The summed E-state index contributed by atoms with van der Waals surface area (Å²) >= 11 is 6.18. The van der Waals surface area contributed by atoms with Crippen LogP contribution in [0, 0.1) is 0 Å². The molecule has 0 aromatic heterocycles. The lowest BCUT2D eigenvalue weighted by molar-refractivity contribution is -0.129. The monoisotopic (exact) mass is 357 g/mol. The van der Waals surface area contributed by atoms with E-state index in [9.17, 15) is 9.59 Å². The molecule has 0 fully saturated rings. The Hall–Kier alpha value is -1.95. The van der Waals surface area contributed by atoms with Crippen LogP contribution in [0.4, 0.5) is 0 Å². The first-order chi connectivity index (χ1) is 11.1. The van der Waals surface area contributed by atoms with E-state index >= 15 is 0 Å². The number of methoxy groups -OCH3 is 1. The normalized spacial score (nSPS) is 12.0. The molecule has 0 spiro atoms. The van der Waals surface area contributed by atoms with Crippen molar-refractivity contribution in [2.45, 2.75) is 52.9 Å². The van der Waals surface area contributed by atoms with E-state index in [4.69, 9.17) is 25.8 Å². The average Bonchev–Trinajstić information content (AvgIpc) is 2.47. The van der Waals surface area contributed by atoms with Crippen LogP contribution < -0.4 is 14.8 Å². The molecule has 1 amide bonds. The molecule has 1 atom stereocenters. The summed E-state index contributed by atoms with van der Waals surface area (Å²) in [5.74, 6) is -0.354. The van der Waals surface area contributed by atoms with Crippen LogP contribution >= 0.6 is 11.6 Å². The highest BCUT2D eigenvalue weighted by molar-refractivity contribution is 6.32. The maximum atomic E-state index is 12.2. The molecule has 0 unspecified atom stereocenters. The number of amides is 1. The summed E-state index contributed by atoms with van der Waals surface area (Å²) in [6.45, 7) is 8.86. The number of esters is 1. The van der Waals surface area contributed by atoms with Crippen LogP contribution in [0.3, 0.4) is 0 Å². The van der Waals surface area contributed by atoms with Gasteiger partial charge in [-0.3, -0.25) is 4.79 Å². The van der Waals surface area contributed by atoms with Gasteiger partial charge in [0.25, 0.3) is 5.91 Å². The molecule has 0 saturated carbocycles. The minimum absolute atomic E-state index is 0.0411. The summed E-state index contributed by atoms with van der Waals surface area (Å²) in [4.78, 5) is 24.1. The number of rotatable bonds is 7. The van der Waals surface area contributed by atoms with Gasteiger partial charge in [0.15, 0.2) is 17.6 Å². The van der Waals surface area contributed by atoms with Gasteiger partial charge in [0.05, 0.1) is 23.8 Å². The minimum atomic E-state index is -0.920. The maximum absolute atomic E-state index is 12.2. The van der Waals surface area contributed by atoms with Gasteiger partial charge in [-0.2, -0.15) is 0 Å². The number of ether oxygens (including phenoxy) is 3. The van der Waals surface area contributed by atoms with Gasteiger partial charge in [-0.15, -0.1) is 0 Å². The Balaban J connectivity index is 2.95. The fourth-order valence-electron chi connectivity index (χ4n) is 1.87. The quantitative estimate of drug-likeness (QED) is 0.758. The number of hydrogen-bond acceptors (Lipinski definition) is 5. The number of nitrogens with one attached hydrogen (secondary N) is 1. The van der Waals surface area contributed by atoms with E-state index in [2.05, 4.69) is 5.32 Å². The van der Waals surface area contributed by atoms with Crippen molar-refractivity contribution in [1.82, 2.24) is 5.32 Å². The van der Waals surface area contributed by atoms with E-state index in [0.29, 0.717) is 11.5 Å². The molecule has 0 aliphatic rings. The number of carbonyl (C=O) groups excluding carboxylic acids is 2. The molecule has 1 N–H and O–H groups in total. The Morgan fingerprint density at radius 1 is 1.12 bits per heavy atom. The van der Waals surface area contributed by atoms with E-state index in [-0.39, 0.29) is 28.6 Å². The number of hydrogen-bond donors (Lipinski definition) is 1. The van der Waals surface area contributed by atoms with Crippen LogP contribution in [0.5, 0.6) is 11.5 Å². The first kappa shape index (κ1) is 20.1. The molecule has 0 aliphatic heterocycles. The molecule has 0 radical (unpaired) electrons. The molecule has 0 heterocycles. The first-order valence-electron chi connectivity index (χ1n) is 7.71. The Labute approximate surface area is 147 Å². The van der Waals surface area contributed by atoms with Crippen molar-refractivity contribution >= 4 is 23.5 Å². The SMILES string of the molecule is COc1cc(C(=O)O[C@H](C)C(=O)NC(C)C)cc(Cl)c1OC(C)C. The highest BCUT2D eigenvalue weighted by Gasteiger charge is 2.22. The predicted molar refractivity (Wildman–Crippen MR) is 91.9 cm³/mol. The molecule has 24 heavy (non-hydrogen) atoms. The lowest BCUT2D eigenvalue weighted by Gasteiger charge is -2.18. The number of halogens is 1. The summed E-state index contributed by atoms with van der Waals surface area (Å²) in [5.41, 5.74) is 0.178. The Bertz CT molecular complexity index is 601. The van der Waals surface area contributed by atoms with Crippen molar-refractivity contribution in [2.24, 2.45) is 0 Å². The summed E-state index contributed by atoms with van der Waals surface area (Å²) in [6.07, 6.45) is -1.02. The molecule has 6 nitrogen and oxygen atoms in total. The third-order valence-electron chi connectivity index (χ3n) is 2.90. The van der Waals surface area contributed by atoms with Crippen molar-refractivity contribution < 1.29 is 23.8 Å². The van der Waals surface area contributed by atoms with E-state index in [1.807, 2.05) is 27.7 Å². The van der Waals surface area contributed by atoms with Gasteiger partial charge in [0.1, 0.15) is 0 Å². The standard InChI is InChI=1S/C17H24ClNO5/c1-9(2)19-16(20)11(5)24-17(21)12-7-13(18)15(23-10(3)4)14(8-12)22-6/h7-11H,1-6H3,(H,19,20)/t11-/m1/s1. The topological polar surface area (TPSA) is 73.9 Å². The predicted octanol–water partition coefficient (Wildman–Crippen LogP) is 3.21. The minimum Gasteiger partial charge on any atom is -0.493 e. The van der Waals surface area contributed by atoms with Crippen molar-refractivity contribution in [1.29, 1.82) is 0 Å². The smallest absolute Gasteiger partial charge is 0.339 e. The van der Waals surface area contributed by atoms with Gasteiger partial charge < -0.3 is 19.5 Å². The number of carbonyl (C=O) groups is 2. The van der Waals surface area contributed by atoms with Crippen LogP contribution in [0.2, 0.25) is 5.02 Å². The second-order valence-electron chi connectivity index (χ2n) is 5.87. The molecular formula is C17H24ClNO5. The highest BCUT2D eigenvalue weighted by atomic mass is 35.5. The molecule has 7 heteroatoms. The molecule has 1 rings (SSSR count). The zero-order valence-electron chi connectivity index (χ0n) is 14.8. The molecule has 1 aromatic rings. The van der Waals surface area contributed by atoms with Crippen molar-refractivity contribution in [3.05, 3.63) is 22.7 Å². The summed E-state index contributed by atoms with van der Waals surface area (Å²) in [6, 6.07) is 2.86. The van der Waals surface area contributed by atoms with Gasteiger partial charge in [-0.1, -0.05) is 11.6 Å². The number of benzene rings is 1. The zero-order chi connectivity index (χ0) is 18.4. The fraction of sp³-hybridized carbons (Fsp3) is 0.529. The third-order valence-corrected chi connectivity index (χ3v) is 3.18. The van der Waals surface area contributed by atoms with Crippen LogP contribution in [-0.2, 0) is 9.53 Å². The molecule has 134 valence electrons. The second-order valence-corrected chi connectivity index (χ2v) is 6.27. The van der Waals surface area contributed by atoms with E-state index in [0.717, 1.165) is 0 Å². The van der Waals surface area contributed by atoms with Gasteiger partial charge >= 0.3 is 5.97 Å². The highest BCUT2D eigenvalue weighted by Crippen LogP contribution is 2.37. The van der Waals surface area contributed by atoms with Crippen molar-refractivity contribution in [3.63, 3.8) is 0 Å². The van der Waals surface area contributed by atoms with Gasteiger partial charge in [-0.05, 0) is 46.8 Å². The van der Waals surface area contributed by atoms with Crippen LogP contribution in [0.1, 0.15) is 45.0 Å². The molecular weight excluding hydrogens is 334 g/mol. The molecule has 0 bridgehead atoms. The average molecular weight is 358 g/mol. The van der Waals surface area contributed by atoms with Gasteiger partial charge in [-0.25, -0.2) is 4.79 Å². The zero-order valence-corrected chi connectivity index (χ0v) is 15.6. The largest absolute Gasteiger partial charge is 0.493 e. The fourth-order valence-corrected chi connectivity index (χ4v) is 2.13. The third kappa shape index (κ3) is 5.60. The van der Waals surface area contributed by atoms with Gasteiger partial charge in [0, 0.05) is 6.04 Å². The first-order valence-corrected chi connectivity index (χ1v) is 8.09. The maximum Gasteiger partial charge on any atom is 0.339 e. The molecule has 1 aromatic carbocycles. The van der Waals surface area contributed by atoms with Crippen molar-refractivity contribution in [3.8, 4) is 11.5 Å². The van der Waals surface area contributed by atoms with Crippen LogP contribution in [0.15, 0.2) is 12.1 Å². The van der Waals surface area contributed by atoms with Gasteiger partial charge in [0.2, 0.25) is 0 Å². The second kappa shape index (κ2) is 8.78. The summed E-state index contributed by atoms with van der Waals surface area (Å²) < 4.78 is 16.0. The van der Waals surface area contributed by atoms with E-state index < -0.39 is 12.1 Å². The Morgan fingerprint density at radius 3 is 2.25 bits per heavy atom. The van der Waals surface area contributed by atoms with E-state index in [1.165, 1.54) is 26.2 Å². The Kier molecular flexibility index (Phi) is 7.35. The lowest BCUT2D eigenvalue weighted by atomic mass is 10.2. The molecule has 0 saturated heterocycles. The summed E-state index contributed by atoms with van der Waals surface area (Å²) in [5, 5.41) is 2.91. The molecule has 0 aliphatic carbocycles. The van der Waals surface area contributed by atoms with Crippen molar-refractivity contribution in [2.75, 3.05) is 7.11 Å². The van der Waals surface area contributed by atoms with Crippen LogP contribution in [-0.4, -0.2) is 37.2 Å².